The van der Waals surface area contributed by atoms with Crippen LogP contribution >= 0.6 is 11.3 Å². The van der Waals surface area contributed by atoms with Crippen LogP contribution in [-0.2, 0) is 0 Å². The Balaban J connectivity index is 1.68. The Morgan fingerprint density at radius 2 is 2.29 bits per heavy atom. The Labute approximate surface area is 128 Å². The lowest BCUT2D eigenvalue weighted by atomic mass is 10.0. The van der Waals surface area contributed by atoms with Gasteiger partial charge in [-0.05, 0) is 25.7 Å². The third-order valence-corrected chi connectivity index (χ3v) is 5.08. The second-order valence-electron chi connectivity index (χ2n) is 5.66. The maximum Gasteiger partial charge on any atom is 0.265 e. The van der Waals surface area contributed by atoms with Crippen molar-refractivity contribution in [2.24, 2.45) is 5.73 Å². The molecule has 1 fully saturated rings. The van der Waals surface area contributed by atoms with Crippen molar-refractivity contribution in [2.45, 2.75) is 37.8 Å². The number of nitrogens with zero attached hydrogens (tertiary/aromatic N) is 2. The molecule has 21 heavy (non-hydrogen) atoms. The fraction of sp³-hybridized carbons (Fsp3) is 0.571. The van der Waals surface area contributed by atoms with Crippen molar-refractivity contribution in [1.82, 2.24) is 10.3 Å². The molecule has 1 aromatic rings. The molecular formula is C14H21N5OS. The molecule has 5 N–H and O–H groups in total. The molecule has 114 valence electrons. The van der Waals surface area contributed by atoms with E-state index in [1.165, 1.54) is 11.3 Å². The van der Waals surface area contributed by atoms with Gasteiger partial charge in [0.25, 0.3) is 5.91 Å². The molecule has 0 bridgehead atoms. The monoisotopic (exact) mass is 307 g/mol. The van der Waals surface area contributed by atoms with Crippen molar-refractivity contribution in [3.8, 4) is 0 Å². The molecule has 6 nitrogen and oxygen atoms in total. The summed E-state index contributed by atoms with van der Waals surface area (Å²) in [5.41, 5.74) is 11.8. The number of anilines is 2. The molecular weight excluding hydrogens is 286 g/mol. The molecule has 2 unspecified atom stereocenters. The number of carbonyl (C=O) groups is 1. The van der Waals surface area contributed by atoms with Gasteiger partial charge in [0.2, 0.25) is 0 Å². The first-order valence-corrected chi connectivity index (χ1v) is 8.18. The summed E-state index contributed by atoms with van der Waals surface area (Å²) in [7, 11) is 0. The zero-order valence-corrected chi connectivity index (χ0v) is 12.7. The van der Waals surface area contributed by atoms with Crippen LogP contribution < -0.4 is 21.7 Å². The summed E-state index contributed by atoms with van der Waals surface area (Å²) in [6, 6.07) is 0.383. The van der Waals surface area contributed by atoms with Crippen LogP contribution in [0.5, 0.6) is 0 Å². The first-order chi connectivity index (χ1) is 10.1. The van der Waals surface area contributed by atoms with E-state index in [-0.39, 0.29) is 18.0 Å². The zero-order valence-electron chi connectivity index (χ0n) is 11.9. The van der Waals surface area contributed by atoms with Gasteiger partial charge in [-0.1, -0.05) is 23.5 Å². The summed E-state index contributed by atoms with van der Waals surface area (Å²) in [6.07, 6.45) is 8.10. The average Bonchev–Trinajstić information content (AvgIpc) is 3.06. The highest BCUT2D eigenvalue weighted by molar-refractivity contribution is 7.18. The third kappa shape index (κ3) is 3.19. The first-order valence-electron chi connectivity index (χ1n) is 7.36. The number of aromatic nitrogens is 1. The molecule has 0 spiro atoms. The van der Waals surface area contributed by atoms with Gasteiger partial charge in [0.15, 0.2) is 5.13 Å². The largest absolute Gasteiger partial charge is 0.382 e. The molecule has 1 aliphatic carbocycles. The minimum Gasteiger partial charge on any atom is -0.382 e. The Bertz CT molecular complexity index is 556. The maximum atomic E-state index is 12.3. The molecule has 0 radical (unpaired) electrons. The van der Waals surface area contributed by atoms with Gasteiger partial charge in [0.05, 0.1) is 0 Å². The Morgan fingerprint density at radius 1 is 1.43 bits per heavy atom. The number of nitrogens with one attached hydrogen (secondary N) is 1. The summed E-state index contributed by atoms with van der Waals surface area (Å²) in [5.74, 6) is 0.208. The minimum atomic E-state index is -0.111. The number of thiazole rings is 1. The third-order valence-electron chi connectivity index (χ3n) is 3.95. The average molecular weight is 307 g/mol. The number of hydrogen-bond donors (Lipinski definition) is 3. The number of hydrogen-bond acceptors (Lipinski definition) is 6. The van der Waals surface area contributed by atoms with Crippen LogP contribution in [0.3, 0.4) is 0 Å². The van der Waals surface area contributed by atoms with Crippen molar-refractivity contribution >= 4 is 28.2 Å². The first kappa shape index (κ1) is 14.3. The number of allylic oxidation sites excluding steroid dienone is 1. The summed E-state index contributed by atoms with van der Waals surface area (Å²) < 4.78 is 0. The van der Waals surface area contributed by atoms with Crippen LogP contribution in [0, 0.1) is 0 Å². The SMILES string of the molecule is Nc1nc(N2CCC(N)C2)sc1C(=O)NC1CC=CCC1. The lowest BCUT2D eigenvalue weighted by Gasteiger charge is -2.18. The van der Waals surface area contributed by atoms with E-state index in [4.69, 9.17) is 11.5 Å². The molecule has 1 aliphatic heterocycles. The van der Waals surface area contributed by atoms with Crippen LogP contribution in [0.4, 0.5) is 10.9 Å². The molecule has 0 aromatic carbocycles. The highest BCUT2D eigenvalue weighted by Crippen LogP contribution is 2.30. The fourth-order valence-corrected chi connectivity index (χ4v) is 3.68. The van der Waals surface area contributed by atoms with Crippen molar-refractivity contribution in [3.63, 3.8) is 0 Å². The zero-order chi connectivity index (χ0) is 14.8. The van der Waals surface area contributed by atoms with Crippen molar-refractivity contribution < 1.29 is 4.79 Å². The van der Waals surface area contributed by atoms with Gasteiger partial charge >= 0.3 is 0 Å². The Morgan fingerprint density at radius 3 is 2.95 bits per heavy atom. The van der Waals surface area contributed by atoms with Gasteiger partial charge < -0.3 is 21.7 Å². The highest BCUT2D eigenvalue weighted by atomic mass is 32.1. The quantitative estimate of drug-likeness (QED) is 0.727. The van der Waals surface area contributed by atoms with Crippen molar-refractivity contribution in [2.75, 3.05) is 23.7 Å². The van der Waals surface area contributed by atoms with E-state index in [1.807, 2.05) is 0 Å². The van der Waals surface area contributed by atoms with E-state index < -0.39 is 0 Å². The van der Waals surface area contributed by atoms with E-state index in [2.05, 4.69) is 27.4 Å². The summed E-state index contributed by atoms with van der Waals surface area (Å²) in [4.78, 5) is 19.3. The summed E-state index contributed by atoms with van der Waals surface area (Å²) in [5, 5.41) is 3.85. The maximum absolute atomic E-state index is 12.3. The van der Waals surface area contributed by atoms with Crippen LogP contribution in [-0.4, -0.2) is 36.1 Å². The molecule has 2 aliphatic rings. The van der Waals surface area contributed by atoms with Gasteiger partial charge in [-0.25, -0.2) is 4.98 Å². The standard InChI is InChI=1S/C14H21N5OS/c15-9-6-7-19(8-9)14-18-12(16)11(21-14)13(20)17-10-4-2-1-3-5-10/h1-2,9-10H,3-8,15-16H2,(H,17,20). The smallest absolute Gasteiger partial charge is 0.265 e. The van der Waals surface area contributed by atoms with Gasteiger partial charge in [-0.15, -0.1) is 0 Å². The Kier molecular flexibility index (Phi) is 4.12. The fourth-order valence-electron chi connectivity index (χ4n) is 2.75. The number of carbonyl (C=O) groups excluding carboxylic acids is 1. The molecule has 2 heterocycles. The minimum absolute atomic E-state index is 0.111. The number of rotatable bonds is 3. The second kappa shape index (κ2) is 6.03. The second-order valence-corrected chi connectivity index (χ2v) is 6.64. The van der Waals surface area contributed by atoms with E-state index in [0.29, 0.717) is 10.7 Å². The van der Waals surface area contributed by atoms with Gasteiger partial charge in [-0.3, -0.25) is 4.79 Å². The van der Waals surface area contributed by atoms with E-state index in [0.717, 1.165) is 43.9 Å². The van der Waals surface area contributed by atoms with Gasteiger partial charge in [0, 0.05) is 25.2 Å². The predicted molar refractivity (Wildman–Crippen MR) is 85.6 cm³/mol. The highest BCUT2D eigenvalue weighted by Gasteiger charge is 2.25. The van der Waals surface area contributed by atoms with Crippen molar-refractivity contribution in [3.05, 3.63) is 17.0 Å². The molecule has 3 rings (SSSR count). The van der Waals surface area contributed by atoms with Crippen LogP contribution in [0.2, 0.25) is 0 Å². The predicted octanol–water partition coefficient (Wildman–Crippen LogP) is 1.10. The van der Waals surface area contributed by atoms with E-state index in [1.54, 1.807) is 0 Å². The topological polar surface area (TPSA) is 97.3 Å². The van der Waals surface area contributed by atoms with Crippen molar-refractivity contribution in [1.29, 1.82) is 0 Å². The number of amides is 1. The molecule has 1 aromatic heterocycles. The van der Waals surface area contributed by atoms with E-state index in [9.17, 15) is 4.79 Å². The van der Waals surface area contributed by atoms with Crippen LogP contribution in [0.25, 0.3) is 0 Å². The Hall–Kier alpha value is -1.60. The van der Waals surface area contributed by atoms with Gasteiger partial charge in [-0.2, -0.15) is 0 Å². The number of nitrogens with two attached hydrogens (primary N) is 2. The molecule has 0 saturated carbocycles. The lowest BCUT2D eigenvalue weighted by molar-refractivity contribution is 0.0939. The molecule has 1 saturated heterocycles. The van der Waals surface area contributed by atoms with E-state index >= 15 is 0 Å². The molecule has 7 heteroatoms. The number of nitrogen functional groups attached to an aromatic ring is 1. The molecule has 1 amide bonds. The molecule has 2 atom stereocenters. The normalized spacial score (nSPS) is 25.3. The summed E-state index contributed by atoms with van der Waals surface area (Å²) in [6.45, 7) is 1.66. The summed E-state index contributed by atoms with van der Waals surface area (Å²) >= 11 is 1.36. The lowest BCUT2D eigenvalue weighted by Crippen LogP contribution is -2.35. The van der Waals surface area contributed by atoms with Crippen LogP contribution in [0.15, 0.2) is 12.2 Å². The van der Waals surface area contributed by atoms with Crippen LogP contribution in [0.1, 0.15) is 35.4 Å². The van der Waals surface area contributed by atoms with Gasteiger partial charge in [0.1, 0.15) is 10.7 Å².